The summed E-state index contributed by atoms with van der Waals surface area (Å²) in [4.78, 5) is 12.2. The molecule has 5 nitrogen and oxygen atoms in total. The van der Waals surface area contributed by atoms with E-state index >= 15 is 0 Å². The van der Waals surface area contributed by atoms with Crippen LogP contribution in [0.5, 0.6) is 0 Å². The molecule has 15 heavy (non-hydrogen) atoms. The number of likely N-dealkylation sites (tertiary alicyclic amines) is 1. The van der Waals surface area contributed by atoms with Crippen LogP contribution in [0.4, 0.5) is 4.79 Å². The van der Waals surface area contributed by atoms with Crippen molar-refractivity contribution in [2.45, 2.75) is 44.6 Å². The number of carboxylic acid groups (broad SMARTS) is 1. The van der Waals surface area contributed by atoms with Crippen molar-refractivity contribution in [1.82, 2.24) is 10.2 Å². The highest BCUT2D eigenvalue weighted by molar-refractivity contribution is 5.65. The maximum atomic E-state index is 10.8. The second-order valence-corrected chi connectivity index (χ2v) is 4.48. The molecule has 0 aromatic rings. The summed E-state index contributed by atoms with van der Waals surface area (Å²) in [5.41, 5.74) is -0.147. The monoisotopic (exact) mass is 214 g/mol. The van der Waals surface area contributed by atoms with Crippen molar-refractivity contribution in [3.8, 4) is 0 Å². The van der Waals surface area contributed by atoms with Crippen LogP contribution < -0.4 is 5.32 Å². The fourth-order valence-corrected chi connectivity index (χ4v) is 2.62. The number of hydrogen-bond donors (Lipinski definition) is 2. The molecule has 0 aromatic carbocycles. The summed E-state index contributed by atoms with van der Waals surface area (Å²) in [6.07, 6.45) is 0.836. The van der Waals surface area contributed by atoms with Crippen molar-refractivity contribution in [2.75, 3.05) is 13.1 Å². The molecule has 1 amide bonds. The Morgan fingerprint density at radius 3 is 2.47 bits per heavy atom. The lowest BCUT2D eigenvalue weighted by atomic mass is 9.86. The standard InChI is InChI=1S/C10H18N2O3/c1-7-10(15-8(2)11-7)3-5-12(6-4-10)9(13)14/h7-8,11H,3-6H2,1-2H3,(H,13,14)/t7-,8?/m1/s1. The second-order valence-electron chi connectivity index (χ2n) is 4.48. The van der Waals surface area contributed by atoms with Crippen LogP contribution in [0, 0.1) is 0 Å². The molecule has 2 heterocycles. The highest BCUT2D eigenvalue weighted by atomic mass is 16.5. The Kier molecular flexibility index (Phi) is 2.60. The number of rotatable bonds is 0. The molecule has 2 N–H and O–H groups in total. The summed E-state index contributed by atoms with van der Waals surface area (Å²) in [5.74, 6) is 0. The van der Waals surface area contributed by atoms with Gasteiger partial charge in [0.15, 0.2) is 0 Å². The van der Waals surface area contributed by atoms with Gasteiger partial charge in [-0.05, 0) is 26.7 Å². The van der Waals surface area contributed by atoms with Gasteiger partial charge < -0.3 is 14.7 Å². The number of ether oxygens (including phenoxy) is 1. The predicted octanol–water partition coefficient (Wildman–Crippen LogP) is 0.853. The Hall–Kier alpha value is -0.810. The topological polar surface area (TPSA) is 61.8 Å². The van der Waals surface area contributed by atoms with E-state index in [1.807, 2.05) is 6.92 Å². The number of amides is 1. The van der Waals surface area contributed by atoms with Crippen LogP contribution in [-0.4, -0.2) is 47.1 Å². The highest BCUT2D eigenvalue weighted by Crippen LogP contribution is 2.34. The molecule has 0 aliphatic carbocycles. The van der Waals surface area contributed by atoms with Gasteiger partial charge in [-0.1, -0.05) is 0 Å². The number of piperidine rings is 1. The maximum absolute atomic E-state index is 10.8. The zero-order chi connectivity index (χ0) is 11.1. The van der Waals surface area contributed by atoms with Crippen molar-refractivity contribution in [1.29, 1.82) is 0 Å². The minimum Gasteiger partial charge on any atom is -0.465 e. The van der Waals surface area contributed by atoms with Crippen molar-refractivity contribution in [2.24, 2.45) is 0 Å². The lowest BCUT2D eigenvalue weighted by Gasteiger charge is -2.39. The molecular weight excluding hydrogens is 196 g/mol. The van der Waals surface area contributed by atoms with E-state index in [1.54, 1.807) is 0 Å². The average molecular weight is 214 g/mol. The van der Waals surface area contributed by atoms with Gasteiger partial charge >= 0.3 is 6.09 Å². The Balaban J connectivity index is 2.00. The molecule has 2 fully saturated rings. The molecule has 0 aromatic heterocycles. The first-order valence-corrected chi connectivity index (χ1v) is 5.45. The summed E-state index contributed by atoms with van der Waals surface area (Å²) in [7, 11) is 0. The predicted molar refractivity (Wildman–Crippen MR) is 54.7 cm³/mol. The molecule has 2 aliphatic heterocycles. The van der Waals surface area contributed by atoms with Gasteiger partial charge in [-0.3, -0.25) is 5.32 Å². The first kappa shape index (κ1) is 10.7. The van der Waals surface area contributed by atoms with Gasteiger partial charge in [-0.15, -0.1) is 0 Å². The van der Waals surface area contributed by atoms with E-state index in [0.29, 0.717) is 19.1 Å². The van der Waals surface area contributed by atoms with E-state index in [1.165, 1.54) is 4.90 Å². The molecule has 86 valence electrons. The molecular formula is C10H18N2O3. The SMILES string of the molecule is CC1N[C@H](C)C2(CCN(C(=O)O)CC2)O1. The summed E-state index contributed by atoms with van der Waals surface area (Å²) in [5, 5.41) is 12.2. The van der Waals surface area contributed by atoms with Crippen LogP contribution in [-0.2, 0) is 4.74 Å². The molecule has 2 atom stereocenters. The zero-order valence-corrected chi connectivity index (χ0v) is 9.19. The van der Waals surface area contributed by atoms with E-state index in [4.69, 9.17) is 9.84 Å². The Morgan fingerprint density at radius 2 is 2.07 bits per heavy atom. The Bertz CT molecular complexity index is 261. The summed E-state index contributed by atoms with van der Waals surface area (Å²) >= 11 is 0. The largest absolute Gasteiger partial charge is 0.465 e. The summed E-state index contributed by atoms with van der Waals surface area (Å²) < 4.78 is 5.90. The van der Waals surface area contributed by atoms with E-state index in [9.17, 15) is 4.79 Å². The van der Waals surface area contributed by atoms with Gasteiger partial charge in [-0.2, -0.15) is 0 Å². The van der Waals surface area contributed by atoms with Gasteiger partial charge in [0, 0.05) is 19.1 Å². The van der Waals surface area contributed by atoms with Crippen molar-refractivity contribution < 1.29 is 14.6 Å². The van der Waals surface area contributed by atoms with Gasteiger partial charge in [0.2, 0.25) is 0 Å². The van der Waals surface area contributed by atoms with Crippen LogP contribution >= 0.6 is 0 Å². The van der Waals surface area contributed by atoms with E-state index in [2.05, 4.69) is 12.2 Å². The fraction of sp³-hybridized carbons (Fsp3) is 0.900. The number of nitrogens with one attached hydrogen (secondary N) is 1. The Morgan fingerprint density at radius 1 is 1.47 bits per heavy atom. The smallest absolute Gasteiger partial charge is 0.407 e. The molecule has 0 radical (unpaired) electrons. The maximum Gasteiger partial charge on any atom is 0.407 e. The van der Waals surface area contributed by atoms with Gasteiger partial charge in [0.05, 0.1) is 5.60 Å². The molecule has 2 rings (SSSR count). The zero-order valence-electron chi connectivity index (χ0n) is 9.19. The minimum atomic E-state index is -0.823. The lowest BCUT2D eigenvalue weighted by Crippen LogP contribution is -2.51. The molecule has 0 saturated carbocycles. The van der Waals surface area contributed by atoms with Crippen molar-refractivity contribution in [3.63, 3.8) is 0 Å². The van der Waals surface area contributed by atoms with Crippen LogP contribution in [0.1, 0.15) is 26.7 Å². The van der Waals surface area contributed by atoms with Crippen LogP contribution in [0.2, 0.25) is 0 Å². The second kappa shape index (κ2) is 3.64. The molecule has 2 saturated heterocycles. The first-order chi connectivity index (χ1) is 7.03. The van der Waals surface area contributed by atoms with Gasteiger partial charge in [0.25, 0.3) is 0 Å². The number of nitrogens with zero attached hydrogens (tertiary/aromatic N) is 1. The normalized spacial score (nSPS) is 34.7. The third-order valence-electron chi connectivity index (χ3n) is 3.57. The fourth-order valence-electron chi connectivity index (χ4n) is 2.62. The molecule has 1 spiro atoms. The van der Waals surface area contributed by atoms with Crippen LogP contribution in [0.25, 0.3) is 0 Å². The third-order valence-corrected chi connectivity index (χ3v) is 3.57. The lowest BCUT2D eigenvalue weighted by molar-refractivity contribution is -0.0731. The minimum absolute atomic E-state index is 0.0800. The molecule has 0 bridgehead atoms. The summed E-state index contributed by atoms with van der Waals surface area (Å²) in [6.45, 7) is 5.26. The number of hydrogen-bond acceptors (Lipinski definition) is 3. The van der Waals surface area contributed by atoms with Gasteiger partial charge in [0.1, 0.15) is 6.23 Å². The molecule has 2 aliphatic rings. The highest BCUT2D eigenvalue weighted by Gasteiger charge is 2.46. The van der Waals surface area contributed by atoms with E-state index in [-0.39, 0.29) is 11.8 Å². The molecule has 5 heteroatoms. The van der Waals surface area contributed by atoms with Crippen molar-refractivity contribution >= 4 is 6.09 Å². The molecule has 1 unspecified atom stereocenters. The van der Waals surface area contributed by atoms with Crippen LogP contribution in [0.3, 0.4) is 0 Å². The first-order valence-electron chi connectivity index (χ1n) is 5.45. The average Bonchev–Trinajstić information content (AvgIpc) is 2.42. The quantitative estimate of drug-likeness (QED) is 0.627. The van der Waals surface area contributed by atoms with Crippen LogP contribution in [0.15, 0.2) is 0 Å². The Labute approximate surface area is 89.4 Å². The number of carbonyl (C=O) groups is 1. The van der Waals surface area contributed by atoms with Crippen molar-refractivity contribution in [3.05, 3.63) is 0 Å². The summed E-state index contributed by atoms with van der Waals surface area (Å²) in [6, 6.07) is 0.309. The third kappa shape index (κ3) is 1.81. The van der Waals surface area contributed by atoms with Gasteiger partial charge in [-0.25, -0.2) is 4.79 Å². The van der Waals surface area contributed by atoms with E-state index in [0.717, 1.165) is 12.8 Å². The van der Waals surface area contributed by atoms with E-state index < -0.39 is 6.09 Å².